The van der Waals surface area contributed by atoms with E-state index in [0.29, 0.717) is 17.9 Å². The van der Waals surface area contributed by atoms with Gasteiger partial charge in [-0.2, -0.15) is 0 Å². The van der Waals surface area contributed by atoms with Gasteiger partial charge >= 0.3 is 0 Å². The first-order valence-electron chi connectivity index (χ1n) is 5.41. The minimum atomic E-state index is 0.519. The highest BCUT2D eigenvalue weighted by atomic mass is 16.3. The highest BCUT2D eigenvalue weighted by molar-refractivity contribution is 5.82. The van der Waals surface area contributed by atoms with Crippen LogP contribution < -0.4 is 5.32 Å². The van der Waals surface area contributed by atoms with Gasteiger partial charge in [-0.15, -0.1) is 0 Å². The summed E-state index contributed by atoms with van der Waals surface area (Å²) in [4.78, 5) is 15.1. The molecule has 0 aromatic carbocycles. The van der Waals surface area contributed by atoms with Gasteiger partial charge in [0, 0.05) is 5.69 Å². The van der Waals surface area contributed by atoms with Crippen molar-refractivity contribution < 1.29 is 9.21 Å². The zero-order chi connectivity index (χ0) is 12.3. The molecule has 0 aliphatic rings. The molecule has 0 saturated heterocycles. The maximum absolute atomic E-state index is 10.9. The normalized spacial score (nSPS) is 10.2. The Morgan fingerprint density at radius 1 is 1.29 bits per heavy atom. The molecule has 0 spiro atoms. The molecule has 0 radical (unpaired) electrons. The summed E-state index contributed by atoms with van der Waals surface area (Å²) in [5.74, 6) is 2.28. The van der Waals surface area contributed by atoms with E-state index in [1.807, 2.05) is 32.0 Å². The second kappa shape index (κ2) is 4.82. The van der Waals surface area contributed by atoms with Gasteiger partial charge in [0.05, 0.1) is 12.1 Å². The van der Waals surface area contributed by atoms with Crippen LogP contribution in [0.15, 0.2) is 28.7 Å². The number of aldehydes is 1. The molecular weight excluding hydrogens is 216 g/mol. The molecule has 2 heterocycles. The fourth-order valence-electron chi connectivity index (χ4n) is 1.56. The van der Waals surface area contributed by atoms with Crippen LogP contribution in [0.25, 0.3) is 0 Å². The lowest BCUT2D eigenvalue weighted by Gasteiger charge is -2.06. The number of carbonyl (C=O) groups is 1. The third kappa shape index (κ3) is 2.72. The Labute approximate surface area is 99.7 Å². The number of aromatic nitrogens is 1. The molecular formula is C13H14N2O2. The maximum Gasteiger partial charge on any atom is 0.153 e. The lowest BCUT2D eigenvalue weighted by Crippen LogP contribution is -2.04. The summed E-state index contributed by atoms with van der Waals surface area (Å²) in [7, 11) is 0. The Balaban J connectivity index is 2.12. The number of hydrogen-bond acceptors (Lipinski definition) is 4. The van der Waals surface area contributed by atoms with Crippen LogP contribution in [-0.4, -0.2) is 11.3 Å². The molecule has 88 valence electrons. The van der Waals surface area contributed by atoms with Gasteiger partial charge in [0.2, 0.25) is 0 Å². The smallest absolute Gasteiger partial charge is 0.153 e. The van der Waals surface area contributed by atoms with Crippen molar-refractivity contribution in [2.24, 2.45) is 0 Å². The van der Waals surface area contributed by atoms with Gasteiger partial charge in [0.15, 0.2) is 6.29 Å². The SMILES string of the molecule is Cc1ccc(C=O)c(NCc2ccc(C)o2)n1. The van der Waals surface area contributed by atoms with Gasteiger partial charge < -0.3 is 9.73 Å². The Hall–Kier alpha value is -2.10. The minimum Gasteiger partial charge on any atom is -0.465 e. The lowest BCUT2D eigenvalue weighted by atomic mass is 10.2. The summed E-state index contributed by atoms with van der Waals surface area (Å²) >= 11 is 0. The van der Waals surface area contributed by atoms with Crippen LogP contribution in [0.3, 0.4) is 0 Å². The summed E-state index contributed by atoms with van der Waals surface area (Å²) in [5, 5.41) is 3.10. The third-order valence-electron chi connectivity index (χ3n) is 2.42. The number of nitrogens with one attached hydrogen (secondary N) is 1. The van der Waals surface area contributed by atoms with Crippen molar-refractivity contribution in [2.75, 3.05) is 5.32 Å². The molecule has 0 atom stereocenters. The van der Waals surface area contributed by atoms with E-state index in [1.54, 1.807) is 6.07 Å². The van der Waals surface area contributed by atoms with Crippen molar-refractivity contribution in [1.82, 2.24) is 4.98 Å². The Kier molecular flexibility index (Phi) is 3.23. The molecule has 0 unspecified atom stereocenters. The van der Waals surface area contributed by atoms with Gasteiger partial charge in [-0.3, -0.25) is 4.79 Å². The van der Waals surface area contributed by atoms with Crippen molar-refractivity contribution in [1.29, 1.82) is 0 Å². The van der Waals surface area contributed by atoms with E-state index in [0.717, 1.165) is 23.5 Å². The van der Waals surface area contributed by atoms with Crippen molar-refractivity contribution in [3.63, 3.8) is 0 Å². The van der Waals surface area contributed by atoms with E-state index in [2.05, 4.69) is 10.3 Å². The molecule has 0 aliphatic heterocycles. The summed E-state index contributed by atoms with van der Waals surface area (Å²) in [6, 6.07) is 7.37. The predicted molar refractivity (Wildman–Crippen MR) is 65.1 cm³/mol. The van der Waals surface area contributed by atoms with Gasteiger partial charge in [-0.1, -0.05) is 0 Å². The van der Waals surface area contributed by atoms with Crippen LogP contribution in [0.1, 0.15) is 27.6 Å². The van der Waals surface area contributed by atoms with Crippen LogP contribution >= 0.6 is 0 Å². The summed E-state index contributed by atoms with van der Waals surface area (Å²) in [6.07, 6.45) is 0.794. The maximum atomic E-state index is 10.9. The quantitative estimate of drug-likeness (QED) is 0.820. The lowest BCUT2D eigenvalue weighted by molar-refractivity contribution is 0.112. The van der Waals surface area contributed by atoms with Gasteiger partial charge in [-0.05, 0) is 38.1 Å². The third-order valence-corrected chi connectivity index (χ3v) is 2.42. The topological polar surface area (TPSA) is 55.1 Å². The van der Waals surface area contributed by atoms with Crippen molar-refractivity contribution in [2.45, 2.75) is 20.4 Å². The van der Waals surface area contributed by atoms with Crippen molar-refractivity contribution in [3.05, 3.63) is 47.0 Å². The second-order valence-corrected chi connectivity index (χ2v) is 3.87. The highest BCUT2D eigenvalue weighted by Gasteiger charge is 2.04. The zero-order valence-electron chi connectivity index (χ0n) is 9.86. The number of aryl methyl sites for hydroxylation is 2. The highest BCUT2D eigenvalue weighted by Crippen LogP contribution is 2.13. The molecule has 2 aromatic heterocycles. The average Bonchev–Trinajstić information content (AvgIpc) is 2.73. The number of rotatable bonds is 4. The van der Waals surface area contributed by atoms with Crippen LogP contribution in [0.2, 0.25) is 0 Å². The molecule has 17 heavy (non-hydrogen) atoms. The van der Waals surface area contributed by atoms with Crippen molar-refractivity contribution >= 4 is 12.1 Å². The Morgan fingerprint density at radius 2 is 2.12 bits per heavy atom. The molecule has 0 bridgehead atoms. The fraction of sp³-hybridized carbons (Fsp3) is 0.231. The summed E-state index contributed by atoms with van der Waals surface area (Å²) in [6.45, 7) is 4.30. The van der Waals surface area contributed by atoms with Crippen LogP contribution in [0, 0.1) is 13.8 Å². The van der Waals surface area contributed by atoms with E-state index < -0.39 is 0 Å². The molecule has 0 amide bonds. The molecule has 0 saturated carbocycles. The Bertz CT molecular complexity index is 532. The standard InChI is InChI=1S/C13H14N2O2/c1-9-3-5-11(8-16)13(15-9)14-7-12-6-4-10(2)17-12/h3-6,8H,7H2,1-2H3,(H,14,15). The molecule has 0 fully saturated rings. The Morgan fingerprint density at radius 3 is 2.76 bits per heavy atom. The summed E-state index contributed by atoms with van der Waals surface area (Å²) < 4.78 is 5.43. The molecule has 0 aliphatic carbocycles. The number of anilines is 1. The first-order valence-corrected chi connectivity index (χ1v) is 5.41. The van der Waals surface area contributed by atoms with Gasteiger partial charge in [0.1, 0.15) is 17.3 Å². The van der Waals surface area contributed by atoms with Crippen LogP contribution in [0.5, 0.6) is 0 Å². The van der Waals surface area contributed by atoms with Crippen LogP contribution in [0.4, 0.5) is 5.82 Å². The molecule has 2 rings (SSSR count). The first-order chi connectivity index (χ1) is 8.19. The number of hydrogen-bond donors (Lipinski definition) is 1. The van der Waals surface area contributed by atoms with Gasteiger partial charge in [0.25, 0.3) is 0 Å². The van der Waals surface area contributed by atoms with E-state index in [-0.39, 0.29) is 0 Å². The fourth-order valence-corrected chi connectivity index (χ4v) is 1.56. The zero-order valence-corrected chi connectivity index (χ0v) is 9.86. The second-order valence-electron chi connectivity index (χ2n) is 3.87. The molecule has 4 heteroatoms. The predicted octanol–water partition coefficient (Wildman–Crippen LogP) is 2.72. The molecule has 2 aromatic rings. The number of nitrogens with zero attached hydrogens (tertiary/aromatic N) is 1. The molecule has 1 N–H and O–H groups in total. The van der Waals surface area contributed by atoms with Crippen molar-refractivity contribution in [3.8, 4) is 0 Å². The average molecular weight is 230 g/mol. The van der Waals surface area contributed by atoms with E-state index >= 15 is 0 Å². The van der Waals surface area contributed by atoms with E-state index in [4.69, 9.17) is 4.42 Å². The van der Waals surface area contributed by atoms with Crippen LogP contribution in [-0.2, 0) is 6.54 Å². The van der Waals surface area contributed by atoms with Gasteiger partial charge in [-0.25, -0.2) is 4.98 Å². The van der Waals surface area contributed by atoms with E-state index in [1.165, 1.54) is 0 Å². The largest absolute Gasteiger partial charge is 0.465 e. The monoisotopic (exact) mass is 230 g/mol. The minimum absolute atomic E-state index is 0.519. The summed E-state index contributed by atoms with van der Waals surface area (Å²) in [5.41, 5.74) is 1.42. The van der Waals surface area contributed by atoms with E-state index in [9.17, 15) is 4.79 Å². The number of carbonyl (C=O) groups excluding carboxylic acids is 1. The first kappa shape index (κ1) is 11.4. The number of pyridine rings is 1. The molecule has 4 nitrogen and oxygen atoms in total. The number of furan rings is 1.